The lowest BCUT2D eigenvalue weighted by atomic mass is 10.3. The summed E-state index contributed by atoms with van der Waals surface area (Å²) in [7, 11) is 1.72. The van der Waals surface area contributed by atoms with E-state index in [1.165, 1.54) is 12.8 Å². The summed E-state index contributed by atoms with van der Waals surface area (Å²) >= 11 is 0. The SMILES string of the molecule is COCCN(c1ccc(N)c(OC(C)C)n1)C1CC1. The predicted octanol–water partition coefficient (Wildman–Crippen LogP) is 2.07. The maximum absolute atomic E-state index is 5.90. The zero-order chi connectivity index (χ0) is 13.8. The van der Waals surface area contributed by atoms with Crippen molar-refractivity contribution in [3.05, 3.63) is 12.1 Å². The Balaban J connectivity index is 2.17. The highest BCUT2D eigenvalue weighted by Gasteiger charge is 2.30. The number of rotatable bonds is 7. The molecule has 1 aliphatic rings. The number of pyridine rings is 1. The highest BCUT2D eigenvalue weighted by Crippen LogP contribution is 2.32. The molecule has 0 spiro atoms. The van der Waals surface area contributed by atoms with Gasteiger partial charge in [-0.3, -0.25) is 0 Å². The molecule has 1 aromatic rings. The zero-order valence-electron chi connectivity index (χ0n) is 11.9. The summed E-state index contributed by atoms with van der Waals surface area (Å²) in [6.45, 7) is 5.48. The molecule has 0 amide bonds. The van der Waals surface area contributed by atoms with Gasteiger partial charge in [-0.25, -0.2) is 0 Å². The molecular weight excluding hydrogens is 242 g/mol. The van der Waals surface area contributed by atoms with E-state index < -0.39 is 0 Å². The summed E-state index contributed by atoms with van der Waals surface area (Å²) in [5.74, 6) is 1.44. The Morgan fingerprint density at radius 2 is 2.16 bits per heavy atom. The molecule has 2 N–H and O–H groups in total. The van der Waals surface area contributed by atoms with E-state index in [0.717, 1.165) is 12.4 Å². The first kappa shape index (κ1) is 13.9. The molecular formula is C14H23N3O2. The minimum absolute atomic E-state index is 0.0680. The van der Waals surface area contributed by atoms with Crippen molar-refractivity contribution in [3.63, 3.8) is 0 Å². The van der Waals surface area contributed by atoms with Crippen LogP contribution in [-0.4, -0.2) is 37.4 Å². The number of nitrogens with zero attached hydrogens (tertiary/aromatic N) is 2. The standard InChI is InChI=1S/C14H23N3O2/c1-10(2)19-14-12(15)6-7-13(16-14)17(8-9-18-3)11-4-5-11/h6-7,10-11H,4-5,8-9,15H2,1-3H3. The topological polar surface area (TPSA) is 60.6 Å². The number of anilines is 2. The van der Waals surface area contributed by atoms with Gasteiger partial charge in [0.05, 0.1) is 18.4 Å². The number of ether oxygens (including phenoxy) is 2. The van der Waals surface area contributed by atoms with Crippen LogP contribution in [0.1, 0.15) is 26.7 Å². The molecule has 0 bridgehead atoms. The van der Waals surface area contributed by atoms with E-state index in [1.807, 2.05) is 26.0 Å². The molecule has 19 heavy (non-hydrogen) atoms. The van der Waals surface area contributed by atoms with E-state index in [-0.39, 0.29) is 6.10 Å². The van der Waals surface area contributed by atoms with E-state index in [2.05, 4.69) is 9.88 Å². The average molecular weight is 265 g/mol. The normalized spacial score (nSPS) is 14.7. The second kappa shape index (κ2) is 6.10. The van der Waals surface area contributed by atoms with Crippen molar-refractivity contribution in [1.82, 2.24) is 4.98 Å². The second-order valence-electron chi connectivity index (χ2n) is 5.15. The molecule has 0 aromatic carbocycles. The molecule has 1 saturated carbocycles. The van der Waals surface area contributed by atoms with Gasteiger partial charge in [-0.2, -0.15) is 4.98 Å². The number of methoxy groups -OCH3 is 1. The lowest BCUT2D eigenvalue weighted by Crippen LogP contribution is -2.30. The Bertz CT molecular complexity index is 419. The van der Waals surface area contributed by atoms with Crippen molar-refractivity contribution < 1.29 is 9.47 Å². The van der Waals surface area contributed by atoms with Crippen LogP contribution in [0, 0.1) is 0 Å². The summed E-state index contributed by atoms with van der Waals surface area (Å²) in [6.07, 6.45) is 2.50. The van der Waals surface area contributed by atoms with Crippen LogP contribution < -0.4 is 15.4 Å². The average Bonchev–Trinajstić information content (AvgIpc) is 3.17. The quantitative estimate of drug-likeness (QED) is 0.817. The fourth-order valence-corrected chi connectivity index (χ4v) is 1.98. The van der Waals surface area contributed by atoms with E-state index in [0.29, 0.717) is 24.2 Å². The minimum atomic E-state index is 0.0680. The molecule has 5 heteroatoms. The smallest absolute Gasteiger partial charge is 0.239 e. The Hall–Kier alpha value is -1.49. The Labute approximate surface area is 114 Å². The minimum Gasteiger partial charge on any atom is -0.473 e. The number of nitrogens with two attached hydrogens (primary N) is 1. The van der Waals surface area contributed by atoms with E-state index in [4.69, 9.17) is 15.2 Å². The highest BCUT2D eigenvalue weighted by atomic mass is 16.5. The van der Waals surface area contributed by atoms with Crippen LogP contribution in [0.25, 0.3) is 0 Å². The predicted molar refractivity (Wildman–Crippen MR) is 76.7 cm³/mol. The monoisotopic (exact) mass is 265 g/mol. The summed E-state index contributed by atoms with van der Waals surface area (Å²) < 4.78 is 10.8. The lowest BCUT2D eigenvalue weighted by molar-refractivity contribution is 0.204. The third-order valence-corrected chi connectivity index (χ3v) is 3.04. The summed E-state index contributed by atoms with van der Waals surface area (Å²) in [5, 5.41) is 0. The molecule has 0 atom stereocenters. The Morgan fingerprint density at radius 1 is 1.42 bits per heavy atom. The van der Waals surface area contributed by atoms with Crippen LogP contribution in [0.15, 0.2) is 12.1 Å². The largest absolute Gasteiger partial charge is 0.473 e. The number of aromatic nitrogens is 1. The molecule has 1 heterocycles. The maximum Gasteiger partial charge on any atom is 0.239 e. The fourth-order valence-electron chi connectivity index (χ4n) is 1.98. The number of nitrogen functional groups attached to an aromatic ring is 1. The van der Waals surface area contributed by atoms with Crippen LogP contribution >= 0.6 is 0 Å². The van der Waals surface area contributed by atoms with Crippen LogP contribution in [0.4, 0.5) is 11.5 Å². The van der Waals surface area contributed by atoms with Gasteiger partial charge in [0.15, 0.2) is 0 Å². The van der Waals surface area contributed by atoms with Crippen molar-refractivity contribution in [2.45, 2.75) is 38.8 Å². The van der Waals surface area contributed by atoms with Crippen LogP contribution in [0.3, 0.4) is 0 Å². The van der Waals surface area contributed by atoms with Crippen LogP contribution in [-0.2, 0) is 4.74 Å². The second-order valence-corrected chi connectivity index (χ2v) is 5.15. The molecule has 0 saturated heterocycles. The van der Waals surface area contributed by atoms with Crippen molar-refractivity contribution >= 4 is 11.5 Å². The first-order valence-corrected chi connectivity index (χ1v) is 6.80. The van der Waals surface area contributed by atoms with Crippen molar-refractivity contribution in [2.75, 3.05) is 30.9 Å². The first-order valence-electron chi connectivity index (χ1n) is 6.80. The zero-order valence-corrected chi connectivity index (χ0v) is 11.9. The van der Waals surface area contributed by atoms with Gasteiger partial charge in [0.2, 0.25) is 5.88 Å². The van der Waals surface area contributed by atoms with Crippen molar-refractivity contribution in [2.24, 2.45) is 0 Å². The summed E-state index contributed by atoms with van der Waals surface area (Å²) in [5.41, 5.74) is 6.48. The molecule has 0 radical (unpaired) electrons. The number of hydrogen-bond donors (Lipinski definition) is 1. The molecule has 2 rings (SSSR count). The first-order chi connectivity index (χ1) is 9.11. The summed E-state index contributed by atoms with van der Waals surface area (Å²) in [6, 6.07) is 4.40. The molecule has 1 aliphatic carbocycles. The fraction of sp³-hybridized carbons (Fsp3) is 0.643. The highest BCUT2D eigenvalue weighted by molar-refractivity contribution is 5.55. The van der Waals surface area contributed by atoms with Crippen molar-refractivity contribution in [3.8, 4) is 5.88 Å². The number of hydrogen-bond acceptors (Lipinski definition) is 5. The van der Waals surface area contributed by atoms with Gasteiger partial charge in [0, 0.05) is 19.7 Å². The van der Waals surface area contributed by atoms with E-state index in [9.17, 15) is 0 Å². The van der Waals surface area contributed by atoms with Gasteiger partial charge in [0.25, 0.3) is 0 Å². The third-order valence-electron chi connectivity index (χ3n) is 3.04. The van der Waals surface area contributed by atoms with Crippen LogP contribution in [0.2, 0.25) is 0 Å². The van der Waals surface area contributed by atoms with Gasteiger partial charge in [-0.05, 0) is 38.8 Å². The Kier molecular flexibility index (Phi) is 4.47. The summed E-state index contributed by atoms with van der Waals surface area (Å²) in [4.78, 5) is 6.82. The molecule has 0 unspecified atom stereocenters. The molecule has 1 fully saturated rings. The van der Waals surface area contributed by atoms with Crippen molar-refractivity contribution in [1.29, 1.82) is 0 Å². The van der Waals surface area contributed by atoms with Gasteiger partial charge in [-0.1, -0.05) is 0 Å². The molecule has 0 aliphatic heterocycles. The van der Waals surface area contributed by atoms with Gasteiger partial charge >= 0.3 is 0 Å². The van der Waals surface area contributed by atoms with Gasteiger partial charge in [-0.15, -0.1) is 0 Å². The van der Waals surface area contributed by atoms with Crippen LogP contribution in [0.5, 0.6) is 5.88 Å². The molecule has 106 valence electrons. The third kappa shape index (κ3) is 3.73. The maximum atomic E-state index is 5.90. The van der Waals surface area contributed by atoms with Gasteiger partial charge in [0.1, 0.15) is 5.82 Å². The lowest BCUT2D eigenvalue weighted by Gasteiger charge is -2.24. The van der Waals surface area contributed by atoms with Gasteiger partial charge < -0.3 is 20.1 Å². The van der Waals surface area contributed by atoms with E-state index in [1.54, 1.807) is 7.11 Å². The Morgan fingerprint density at radius 3 is 2.74 bits per heavy atom. The molecule has 1 aromatic heterocycles. The van der Waals surface area contributed by atoms with E-state index >= 15 is 0 Å². The molecule has 5 nitrogen and oxygen atoms in total.